The Morgan fingerprint density at radius 2 is 2.10 bits per heavy atom. The van der Waals surface area contributed by atoms with Crippen LogP contribution in [0.4, 0.5) is 15.9 Å². The fourth-order valence-electron chi connectivity index (χ4n) is 2.05. The Morgan fingerprint density at radius 1 is 1.35 bits per heavy atom. The van der Waals surface area contributed by atoms with Crippen molar-refractivity contribution in [3.63, 3.8) is 0 Å². The van der Waals surface area contributed by atoms with E-state index in [0.717, 1.165) is 0 Å². The van der Waals surface area contributed by atoms with Crippen LogP contribution in [0.5, 0.6) is 0 Å². The molecule has 0 aliphatic heterocycles. The van der Waals surface area contributed by atoms with Crippen LogP contribution in [-0.4, -0.2) is 22.6 Å². The quantitative estimate of drug-likeness (QED) is 0.928. The average molecular weight is 274 g/mol. The van der Waals surface area contributed by atoms with Gasteiger partial charge in [0.25, 0.3) is 0 Å². The number of pyridine rings is 1. The van der Waals surface area contributed by atoms with Gasteiger partial charge in [0.2, 0.25) is 0 Å². The molecule has 0 radical (unpaired) electrons. The van der Waals surface area contributed by atoms with E-state index in [4.69, 9.17) is 5.11 Å². The second kappa shape index (κ2) is 5.69. The van der Waals surface area contributed by atoms with Gasteiger partial charge in [-0.05, 0) is 44.2 Å². The first-order chi connectivity index (χ1) is 9.52. The number of anilines is 2. The van der Waals surface area contributed by atoms with E-state index in [9.17, 15) is 9.18 Å². The Bertz CT molecular complexity index is 644. The summed E-state index contributed by atoms with van der Waals surface area (Å²) in [5, 5.41) is 9.00. The third-order valence-electron chi connectivity index (χ3n) is 3.01. The molecule has 0 aliphatic rings. The molecule has 1 heterocycles. The second-order valence-corrected chi connectivity index (χ2v) is 4.33. The van der Waals surface area contributed by atoms with Gasteiger partial charge in [-0.2, -0.15) is 0 Å². The standard InChI is InChI=1S/C15H15FN2O2/c1-3-18(12-6-4-5-11(16)9-12)14-8-7-13(15(19)20)10(2)17-14/h4-9H,3H2,1-2H3,(H,19,20). The summed E-state index contributed by atoms with van der Waals surface area (Å²) in [6.45, 7) is 4.17. The molecule has 0 unspecified atom stereocenters. The highest BCUT2D eigenvalue weighted by Crippen LogP contribution is 2.24. The van der Waals surface area contributed by atoms with Gasteiger partial charge in [0, 0.05) is 12.2 Å². The summed E-state index contributed by atoms with van der Waals surface area (Å²) in [5.41, 5.74) is 1.29. The topological polar surface area (TPSA) is 53.4 Å². The summed E-state index contributed by atoms with van der Waals surface area (Å²) in [6.07, 6.45) is 0. The lowest BCUT2D eigenvalue weighted by Crippen LogP contribution is -2.18. The number of hydrogen-bond donors (Lipinski definition) is 1. The molecule has 2 aromatic rings. The van der Waals surface area contributed by atoms with Gasteiger partial charge in [-0.1, -0.05) is 6.07 Å². The molecule has 0 fully saturated rings. The van der Waals surface area contributed by atoms with Gasteiger partial charge in [0.15, 0.2) is 0 Å². The third kappa shape index (κ3) is 2.77. The summed E-state index contributed by atoms with van der Waals surface area (Å²) < 4.78 is 13.3. The Morgan fingerprint density at radius 3 is 2.65 bits per heavy atom. The first kappa shape index (κ1) is 14.0. The molecule has 0 amide bonds. The highest BCUT2D eigenvalue weighted by atomic mass is 19.1. The third-order valence-corrected chi connectivity index (χ3v) is 3.01. The molecule has 0 aliphatic carbocycles. The number of halogens is 1. The van der Waals surface area contributed by atoms with Gasteiger partial charge in [0.05, 0.1) is 11.3 Å². The molecule has 0 saturated carbocycles. The largest absolute Gasteiger partial charge is 0.478 e. The van der Waals surface area contributed by atoms with Crippen LogP contribution >= 0.6 is 0 Å². The predicted octanol–water partition coefficient (Wildman–Crippen LogP) is 3.39. The highest BCUT2D eigenvalue weighted by molar-refractivity contribution is 5.89. The highest BCUT2D eigenvalue weighted by Gasteiger charge is 2.13. The van der Waals surface area contributed by atoms with Crippen molar-refractivity contribution in [1.82, 2.24) is 4.98 Å². The van der Waals surface area contributed by atoms with Crippen LogP contribution in [0.15, 0.2) is 36.4 Å². The molecule has 0 bridgehead atoms. The van der Waals surface area contributed by atoms with E-state index >= 15 is 0 Å². The van der Waals surface area contributed by atoms with Crippen molar-refractivity contribution in [2.24, 2.45) is 0 Å². The maximum Gasteiger partial charge on any atom is 0.337 e. The lowest BCUT2D eigenvalue weighted by Gasteiger charge is -2.22. The molecule has 2 rings (SSSR count). The second-order valence-electron chi connectivity index (χ2n) is 4.33. The van der Waals surface area contributed by atoms with Crippen molar-refractivity contribution in [3.8, 4) is 0 Å². The lowest BCUT2D eigenvalue weighted by atomic mass is 10.2. The molecule has 104 valence electrons. The zero-order valence-electron chi connectivity index (χ0n) is 11.3. The summed E-state index contributed by atoms with van der Waals surface area (Å²) in [7, 11) is 0. The minimum atomic E-state index is -1.00. The van der Waals surface area contributed by atoms with Crippen molar-refractivity contribution in [1.29, 1.82) is 0 Å². The summed E-state index contributed by atoms with van der Waals surface area (Å²) in [5.74, 6) is -0.726. The van der Waals surface area contributed by atoms with Gasteiger partial charge in [-0.3, -0.25) is 0 Å². The van der Waals surface area contributed by atoms with E-state index in [1.807, 2.05) is 11.8 Å². The normalized spacial score (nSPS) is 10.3. The van der Waals surface area contributed by atoms with E-state index < -0.39 is 5.97 Å². The minimum Gasteiger partial charge on any atom is -0.478 e. The van der Waals surface area contributed by atoms with E-state index in [1.165, 1.54) is 18.2 Å². The minimum absolute atomic E-state index is 0.170. The van der Waals surface area contributed by atoms with E-state index in [-0.39, 0.29) is 11.4 Å². The van der Waals surface area contributed by atoms with Crippen molar-refractivity contribution >= 4 is 17.5 Å². The molecule has 5 heteroatoms. The number of rotatable bonds is 4. The van der Waals surface area contributed by atoms with Crippen LogP contribution < -0.4 is 4.90 Å². The molecular weight excluding hydrogens is 259 g/mol. The van der Waals surface area contributed by atoms with Crippen molar-refractivity contribution in [2.45, 2.75) is 13.8 Å². The van der Waals surface area contributed by atoms with Crippen molar-refractivity contribution < 1.29 is 14.3 Å². The maximum absolute atomic E-state index is 13.3. The average Bonchev–Trinajstić information content (AvgIpc) is 2.39. The molecule has 0 spiro atoms. The molecule has 1 aromatic heterocycles. The number of hydrogen-bond acceptors (Lipinski definition) is 3. The van der Waals surface area contributed by atoms with Crippen molar-refractivity contribution in [2.75, 3.05) is 11.4 Å². The van der Waals surface area contributed by atoms with Gasteiger partial charge < -0.3 is 10.0 Å². The summed E-state index contributed by atoms with van der Waals surface area (Å²) in [4.78, 5) is 17.1. The number of benzene rings is 1. The van der Waals surface area contributed by atoms with E-state index in [0.29, 0.717) is 23.7 Å². The lowest BCUT2D eigenvalue weighted by molar-refractivity contribution is 0.0695. The number of aromatic nitrogens is 1. The van der Waals surface area contributed by atoms with Crippen LogP contribution in [0.2, 0.25) is 0 Å². The fourth-order valence-corrected chi connectivity index (χ4v) is 2.05. The molecule has 0 saturated heterocycles. The van der Waals surface area contributed by atoms with Crippen LogP contribution in [0.3, 0.4) is 0 Å². The van der Waals surface area contributed by atoms with Gasteiger partial charge in [0.1, 0.15) is 11.6 Å². The Kier molecular flexibility index (Phi) is 3.98. The SMILES string of the molecule is CCN(c1cccc(F)c1)c1ccc(C(=O)O)c(C)n1. The number of aromatic carboxylic acids is 1. The molecule has 0 atom stereocenters. The molecule has 20 heavy (non-hydrogen) atoms. The number of carbonyl (C=O) groups is 1. The van der Waals surface area contributed by atoms with Crippen molar-refractivity contribution in [3.05, 3.63) is 53.5 Å². The molecular formula is C15H15FN2O2. The molecule has 1 N–H and O–H groups in total. The van der Waals surface area contributed by atoms with Gasteiger partial charge in [-0.25, -0.2) is 14.2 Å². The summed E-state index contributed by atoms with van der Waals surface area (Å²) in [6, 6.07) is 9.36. The smallest absolute Gasteiger partial charge is 0.337 e. The number of carboxylic acid groups (broad SMARTS) is 1. The monoisotopic (exact) mass is 274 g/mol. The maximum atomic E-state index is 13.3. The zero-order chi connectivity index (χ0) is 14.7. The summed E-state index contributed by atoms with van der Waals surface area (Å²) >= 11 is 0. The Labute approximate surface area is 116 Å². The first-order valence-electron chi connectivity index (χ1n) is 6.27. The van der Waals surface area contributed by atoms with E-state index in [2.05, 4.69) is 4.98 Å². The number of carboxylic acids is 1. The van der Waals surface area contributed by atoms with Gasteiger partial charge in [-0.15, -0.1) is 0 Å². The molecule has 4 nitrogen and oxygen atoms in total. The van der Waals surface area contributed by atoms with Crippen LogP contribution in [-0.2, 0) is 0 Å². The Hall–Kier alpha value is -2.43. The van der Waals surface area contributed by atoms with E-state index in [1.54, 1.807) is 25.1 Å². The molecule has 1 aromatic carbocycles. The van der Waals surface area contributed by atoms with Gasteiger partial charge >= 0.3 is 5.97 Å². The zero-order valence-corrected chi connectivity index (χ0v) is 11.3. The van der Waals surface area contributed by atoms with Crippen LogP contribution in [0.25, 0.3) is 0 Å². The first-order valence-corrected chi connectivity index (χ1v) is 6.27. The number of nitrogens with zero attached hydrogens (tertiary/aromatic N) is 2. The Balaban J connectivity index is 2.42. The fraction of sp³-hybridized carbons (Fsp3) is 0.200. The van der Waals surface area contributed by atoms with Crippen LogP contribution in [0, 0.1) is 12.7 Å². The predicted molar refractivity (Wildman–Crippen MR) is 75.0 cm³/mol. The van der Waals surface area contributed by atoms with Crippen LogP contribution in [0.1, 0.15) is 23.0 Å². The number of aryl methyl sites for hydroxylation is 1.